The van der Waals surface area contributed by atoms with Crippen molar-refractivity contribution >= 4 is 11.8 Å². The first kappa shape index (κ1) is 17.8. The van der Waals surface area contributed by atoms with Crippen molar-refractivity contribution in [3.8, 4) is 0 Å². The molecular weight excluding hydrogens is 307 g/mol. The zero-order valence-electron chi connectivity index (χ0n) is 13.3. The third kappa shape index (κ3) is 4.99. The van der Waals surface area contributed by atoms with Crippen molar-refractivity contribution in [2.75, 3.05) is 24.5 Å². The molecule has 0 saturated carbocycles. The summed E-state index contributed by atoms with van der Waals surface area (Å²) < 4.78 is 14.0. The molecule has 0 aromatic heterocycles. The average Bonchev–Trinajstić information content (AvgIpc) is 2.62. The number of nitrogens with one attached hydrogen (secondary N) is 3. The van der Waals surface area contributed by atoms with Gasteiger partial charge in [0.2, 0.25) is 6.08 Å². The fourth-order valence-electron chi connectivity index (χ4n) is 2.69. The van der Waals surface area contributed by atoms with Gasteiger partial charge in [0.25, 0.3) is 0 Å². The molecule has 2 aromatic carbocycles. The van der Waals surface area contributed by atoms with E-state index in [1.54, 1.807) is 6.07 Å². The van der Waals surface area contributed by atoms with Gasteiger partial charge in [0, 0.05) is 26.2 Å². The lowest BCUT2D eigenvalue weighted by molar-refractivity contribution is 0.405. The van der Waals surface area contributed by atoms with Crippen molar-refractivity contribution in [2.24, 2.45) is 0 Å². The summed E-state index contributed by atoms with van der Waals surface area (Å²) in [6.45, 7) is 3.25. The van der Waals surface area contributed by atoms with Gasteiger partial charge in [-0.2, -0.15) is 0 Å². The Hall–Kier alpha value is -2.53. The highest BCUT2D eigenvalue weighted by Gasteiger charge is 2.23. The van der Waals surface area contributed by atoms with Crippen LogP contribution in [0, 0.1) is 11.2 Å². The van der Waals surface area contributed by atoms with Gasteiger partial charge in [0.1, 0.15) is 5.82 Å². The summed E-state index contributed by atoms with van der Waals surface area (Å²) in [5.74, 6) is -0.161. The highest BCUT2D eigenvalue weighted by molar-refractivity contribution is 5.49. The van der Waals surface area contributed by atoms with Gasteiger partial charge in [0.05, 0.1) is 11.9 Å². The van der Waals surface area contributed by atoms with Crippen LogP contribution in [0.4, 0.5) is 10.1 Å². The van der Waals surface area contributed by atoms with E-state index in [0.717, 1.165) is 32.3 Å². The van der Waals surface area contributed by atoms with Crippen molar-refractivity contribution in [2.45, 2.75) is 12.7 Å². The lowest BCUT2D eigenvalue weighted by atomic mass is 10.2. The standard InChI is InChI=1S/C17H20FN3.CHNO/c18-15-8-4-5-9-16(15)21-11-10-19-13-17(21)20-12-14-6-2-1-3-7-14;2-1-3/h1-9,17,19-20H,10-13H2;2H. The Morgan fingerprint density at radius 1 is 1.21 bits per heavy atom. The zero-order chi connectivity index (χ0) is 17.2. The summed E-state index contributed by atoms with van der Waals surface area (Å²) in [5, 5.41) is 12.3. The molecule has 1 unspecified atom stereocenters. The quantitative estimate of drug-likeness (QED) is 0.595. The van der Waals surface area contributed by atoms with Gasteiger partial charge in [-0.15, -0.1) is 0 Å². The molecule has 126 valence electrons. The predicted octanol–water partition coefficient (Wildman–Crippen LogP) is 2.25. The molecule has 1 fully saturated rings. The van der Waals surface area contributed by atoms with Crippen LogP contribution < -0.4 is 15.5 Å². The molecule has 1 saturated heterocycles. The number of nitrogens with zero attached hydrogens (tertiary/aromatic N) is 1. The van der Waals surface area contributed by atoms with Crippen LogP contribution in [0.3, 0.4) is 0 Å². The second-order valence-electron chi connectivity index (χ2n) is 5.33. The van der Waals surface area contributed by atoms with Crippen molar-refractivity contribution < 1.29 is 9.18 Å². The van der Waals surface area contributed by atoms with Crippen molar-refractivity contribution in [1.82, 2.24) is 10.6 Å². The van der Waals surface area contributed by atoms with Gasteiger partial charge in [-0.05, 0) is 17.7 Å². The van der Waals surface area contributed by atoms with E-state index in [9.17, 15) is 4.39 Å². The van der Waals surface area contributed by atoms with Gasteiger partial charge in [0.15, 0.2) is 0 Å². The minimum Gasteiger partial charge on any atom is -0.351 e. The Morgan fingerprint density at radius 2 is 1.88 bits per heavy atom. The third-order valence-corrected chi connectivity index (χ3v) is 3.79. The smallest absolute Gasteiger partial charge is 0.231 e. The number of halogens is 1. The van der Waals surface area contributed by atoms with Crippen LogP contribution in [0.2, 0.25) is 0 Å². The van der Waals surface area contributed by atoms with Gasteiger partial charge < -0.3 is 10.2 Å². The topological polar surface area (TPSA) is 68.2 Å². The number of para-hydroxylation sites is 1. The molecule has 0 bridgehead atoms. The maximum Gasteiger partial charge on any atom is 0.231 e. The monoisotopic (exact) mass is 328 g/mol. The molecule has 0 spiro atoms. The van der Waals surface area contributed by atoms with Gasteiger partial charge in [-0.1, -0.05) is 42.5 Å². The molecule has 0 radical (unpaired) electrons. The number of isocyanates is 1. The molecular formula is C18H21FN4O. The van der Waals surface area contributed by atoms with E-state index in [4.69, 9.17) is 10.2 Å². The summed E-state index contributed by atoms with van der Waals surface area (Å²) in [6.07, 6.45) is 0.843. The molecule has 3 rings (SSSR count). The number of benzene rings is 2. The fourth-order valence-corrected chi connectivity index (χ4v) is 2.69. The van der Waals surface area contributed by atoms with Crippen LogP contribution >= 0.6 is 0 Å². The molecule has 2 aromatic rings. The van der Waals surface area contributed by atoms with Crippen molar-refractivity contribution in [3.63, 3.8) is 0 Å². The van der Waals surface area contributed by atoms with Gasteiger partial charge in [-0.3, -0.25) is 5.32 Å². The van der Waals surface area contributed by atoms with E-state index < -0.39 is 0 Å². The predicted molar refractivity (Wildman–Crippen MR) is 92.1 cm³/mol. The molecule has 0 amide bonds. The molecule has 1 atom stereocenters. The van der Waals surface area contributed by atoms with E-state index in [1.165, 1.54) is 11.6 Å². The van der Waals surface area contributed by atoms with Crippen LogP contribution in [0.5, 0.6) is 0 Å². The fraction of sp³-hybridized carbons (Fsp3) is 0.278. The zero-order valence-corrected chi connectivity index (χ0v) is 13.3. The lowest BCUT2D eigenvalue weighted by Crippen LogP contribution is -2.58. The van der Waals surface area contributed by atoms with E-state index in [1.807, 2.05) is 30.3 Å². The van der Waals surface area contributed by atoms with Crippen LogP contribution in [0.25, 0.3) is 0 Å². The highest BCUT2D eigenvalue weighted by Crippen LogP contribution is 2.21. The lowest BCUT2D eigenvalue weighted by Gasteiger charge is -2.38. The largest absolute Gasteiger partial charge is 0.351 e. The van der Waals surface area contributed by atoms with E-state index >= 15 is 0 Å². The minimum atomic E-state index is -0.161. The maximum absolute atomic E-state index is 14.0. The van der Waals surface area contributed by atoms with E-state index in [2.05, 4.69) is 27.7 Å². The Balaban J connectivity index is 0.000000647. The number of hydrogen-bond acceptors (Lipinski definition) is 5. The van der Waals surface area contributed by atoms with Gasteiger partial charge in [-0.25, -0.2) is 14.6 Å². The Morgan fingerprint density at radius 3 is 2.58 bits per heavy atom. The van der Waals surface area contributed by atoms with Crippen molar-refractivity contribution in [1.29, 1.82) is 5.41 Å². The van der Waals surface area contributed by atoms with Crippen LogP contribution in [-0.2, 0) is 11.3 Å². The molecule has 3 N–H and O–H groups in total. The van der Waals surface area contributed by atoms with Crippen LogP contribution in [-0.4, -0.2) is 31.9 Å². The molecule has 6 heteroatoms. The first-order chi connectivity index (χ1) is 11.8. The minimum absolute atomic E-state index is 0.0934. The Bertz CT molecular complexity index is 659. The van der Waals surface area contributed by atoms with Crippen LogP contribution in [0.15, 0.2) is 54.6 Å². The molecule has 24 heavy (non-hydrogen) atoms. The van der Waals surface area contributed by atoms with Gasteiger partial charge >= 0.3 is 0 Å². The summed E-state index contributed by atoms with van der Waals surface area (Å²) in [7, 11) is 0. The number of anilines is 1. The van der Waals surface area contributed by atoms with E-state index in [-0.39, 0.29) is 12.0 Å². The normalized spacial score (nSPS) is 16.7. The third-order valence-electron chi connectivity index (χ3n) is 3.79. The molecule has 1 heterocycles. The number of carbonyl (C=O) groups excluding carboxylic acids is 1. The second kappa shape index (κ2) is 9.57. The molecule has 1 aliphatic heterocycles. The highest BCUT2D eigenvalue weighted by atomic mass is 19.1. The van der Waals surface area contributed by atoms with Crippen LogP contribution in [0.1, 0.15) is 5.56 Å². The molecule has 0 aliphatic carbocycles. The molecule has 5 nitrogen and oxygen atoms in total. The molecule has 1 aliphatic rings. The number of piperazine rings is 1. The van der Waals surface area contributed by atoms with E-state index in [0.29, 0.717) is 5.69 Å². The van der Waals surface area contributed by atoms with Crippen molar-refractivity contribution in [3.05, 3.63) is 66.0 Å². The first-order valence-corrected chi connectivity index (χ1v) is 7.79. The number of hydrogen-bond donors (Lipinski definition) is 3. The SMILES string of the molecule is Fc1ccccc1N1CCNCC1NCc1ccccc1.N=C=O. The Labute approximate surface area is 141 Å². The average molecular weight is 328 g/mol. The first-order valence-electron chi connectivity index (χ1n) is 7.79. The Kier molecular flexibility index (Phi) is 7.11. The summed E-state index contributed by atoms with van der Waals surface area (Å²) >= 11 is 0. The summed E-state index contributed by atoms with van der Waals surface area (Å²) in [4.78, 5) is 10.5. The second-order valence-corrected chi connectivity index (χ2v) is 5.33. The maximum atomic E-state index is 14.0. The number of rotatable bonds is 4. The summed E-state index contributed by atoms with van der Waals surface area (Å²) in [6, 6.07) is 17.2. The summed E-state index contributed by atoms with van der Waals surface area (Å²) in [5.41, 5.74) is 1.90.